The molecule has 0 N–H and O–H groups in total. The Bertz CT molecular complexity index is 241. The molecule has 0 aromatic rings. The lowest BCUT2D eigenvalue weighted by atomic mass is 9.80. The molecule has 0 radical (unpaired) electrons. The van der Waals surface area contributed by atoms with Gasteiger partial charge in [0.2, 0.25) is 0 Å². The van der Waals surface area contributed by atoms with Crippen LogP contribution in [0.5, 0.6) is 0 Å². The number of alkyl halides is 1. The lowest BCUT2D eigenvalue weighted by Crippen LogP contribution is -2.41. The van der Waals surface area contributed by atoms with Gasteiger partial charge in [-0.1, -0.05) is 20.3 Å². The Morgan fingerprint density at radius 1 is 1.11 bits per heavy atom. The molecule has 0 amide bonds. The van der Waals surface area contributed by atoms with Crippen molar-refractivity contribution in [3.05, 3.63) is 0 Å². The highest BCUT2D eigenvalue weighted by atomic mass is 19.1. The van der Waals surface area contributed by atoms with E-state index in [0.29, 0.717) is 32.0 Å². The van der Waals surface area contributed by atoms with Crippen LogP contribution in [-0.4, -0.2) is 25.2 Å². The third-order valence-corrected chi connectivity index (χ3v) is 4.36. The van der Waals surface area contributed by atoms with Crippen molar-refractivity contribution in [2.45, 2.75) is 70.8 Å². The minimum Gasteiger partial charge on any atom is -0.347 e. The Morgan fingerprint density at radius 2 is 1.72 bits per heavy atom. The van der Waals surface area contributed by atoms with Crippen LogP contribution in [0.1, 0.15) is 58.8 Å². The molecule has 0 atom stereocenters. The Labute approximate surface area is 110 Å². The average molecular weight is 258 g/mol. The summed E-state index contributed by atoms with van der Waals surface area (Å²) in [5, 5.41) is 0. The number of halogens is 1. The van der Waals surface area contributed by atoms with Crippen LogP contribution in [0, 0.1) is 11.8 Å². The molecule has 2 rings (SSSR count). The van der Waals surface area contributed by atoms with E-state index in [1.807, 2.05) is 0 Å². The molecule has 1 aliphatic carbocycles. The maximum Gasteiger partial charge on any atom is 0.171 e. The quantitative estimate of drug-likeness (QED) is 0.739. The monoisotopic (exact) mass is 258 g/mol. The highest BCUT2D eigenvalue weighted by Crippen LogP contribution is 2.42. The van der Waals surface area contributed by atoms with E-state index in [1.165, 1.54) is 6.42 Å². The summed E-state index contributed by atoms with van der Waals surface area (Å²) >= 11 is 0. The van der Waals surface area contributed by atoms with E-state index in [2.05, 4.69) is 13.8 Å². The van der Waals surface area contributed by atoms with Crippen LogP contribution in [0.2, 0.25) is 0 Å². The fourth-order valence-electron chi connectivity index (χ4n) is 3.30. The fourth-order valence-corrected chi connectivity index (χ4v) is 3.30. The molecule has 18 heavy (non-hydrogen) atoms. The van der Waals surface area contributed by atoms with Crippen molar-refractivity contribution in [2.75, 3.05) is 13.2 Å². The lowest BCUT2D eigenvalue weighted by Gasteiger charge is -2.38. The van der Waals surface area contributed by atoms with Crippen LogP contribution in [-0.2, 0) is 9.47 Å². The number of hydrogen-bond acceptors (Lipinski definition) is 2. The summed E-state index contributed by atoms with van der Waals surface area (Å²) < 4.78 is 25.1. The Morgan fingerprint density at radius 3 is 2.28 bits per heavy atom. The average Bonchev–Trinajstić information content (AvgIpc) is 2.79. The molecule has 0 aromatic carbocycles. The maximum absolute atomic E-state index is 13.2. The van der Waals surface area contributed by atoms with E-state index in [4.69, 9.17) is 9.47 Å². The predicted octanol–water partition coefficient (Wildman–Crippen LogP) is 4.08. The molecule has 0 spiro atoms. The summed E-state index contributed by atoms with van der Waals surface area (Å²) in [5.74, 6) is 0.749. The van der Waals surface area contributed by atoms with Crippen LogP contribution in [0.15, 0.2) is 0 Å². The Hall–Kier alpha value is -0.150. The van der Waals surface area contributed by atoms with Gasteiger partial charge in [-0.2, -0.15) is 0 Å². The van der Waals surface area contributed by atoms with Crippen molar-refractivity contribution >= 4 is 0 Å². The van der Waals surface area contributed by atoms with E-state index in [9.17, 15) is 4.39 Å². The van der Waals surface area contributed by atoms with Crippen molar-refractivity contribution in [1.29, 1.82) is 0 Å². The van der Waals surface area contributed by atoms with Gasteiger partial charge in [0, 0.05) is 12.3 Å². The van der Waals surface area contributed by atoms with Crippen molar-refractivity contribution < 1.29 is 13.9 Å². The van der Waals surface area contributed by atoms with E-state index >= 15 is 0 Å². The summed E-state index contributed by atoms with van der Waals surface area (Å²) in [5.41, 5.74) is 0. The Kier molecular flexibility index (Phi) is 5.02. The van der Waals surface area contributed by atoms with Gasteiger partial charge in [-0.25, -0.2) is 4.39 Å². The molecule has 1 saturated carbocycles. The van der Waals surface area contributed by atoms with Gasteiger partial charge in [0.1, 0.15) is 6.17 Å². The molecule has 2 aliphatic rings. The first kappa shape index (κ1) is 14.3. The number of ether oxygens (including phenoxy) is 2. The summed E-state index contributed by atoms with van der Waals surface area (Å²) in [4.78, 5) is 0. The van der Waals surface area contributed by atoms with Crippen molar-refractivity contribution in [2.24, 2.45) is 11.8 Å². The molecule has 0 unspecified atom stereocenters. The van der Waals surface area contributed by atoms with Gasteiger partial charge in [0.15, 0.2) is 5.79 Å². The second-order valence-electron chi connectivity index (χ2n) is 6.24. The molecule has 0 bridgehead atoms. The SMILES string of the molecule is CC(C)CCCC1(C2CCC(F)CC2)OCCO1. The van der Waals surface area contributed by atoms with Crippen molar-refractivity contribution in [3.63, 3.8) is 0 Å². The first-order valence-electron chi connectivity index (χ1n) is 7.54. The highest BCUT2D eigenvalue weighted by molar-refractivity contribution is 4.87. The van der Waals surface area contributed by atoms with Gasteiger partial charge >= 0.3 is 0 Å². The standard InChI is InChI=1S/C15H27FO2/c1-12(2)4-3-9-15(17-10-11-18-15)13-5-7-14(16)8-6-13/h12-14H,3-11H2,1-2H3. The fraction of sp³-hybridized carbons (Fsp3) is 1.00. The number of hydrogen-bond donors (Lipinski definition) is 0. The minimum atomic E-state index is -0.602. The predicted molar refractivity (Wildman–Crippen MR) is 70.2 cm³/mol. The van der Waals surface area contributed by atoms with Gasteiger partial charge < -0.3 is 9.47 Å². The summed E-state index contributed by atoms with van der Waals surface area (Å²) in [7, 11) is 0. The van der Waals surface area contributed by atoms with E-state index in [1.54, 1.807) is 0 Å². The first-order chi connectivity index (χ1) is 8.62. The van der Waals surface area contributed by atoms with Crippen LogP contribution >= 0.6 is 0 Å². The molecular weight excluding hydrogens is 231 g/mol. The summed E-state index contributed by atoms with van der Waals surface area (Å²) in [6.45, 7) is 5.91. The molecule has 1 saturated heterocycles. The normalized spacial score (nSPS) is 32.0. The molecule has 3 heteroatoms. The minimum absolute atomic E-state index is 0.380. The van der Waals surface area contributed by atoms with Gasteiger partial charge in [-0.05, 0) is 38.0 Å². The summed E-state index contributed by atoms with van der Waals surface area (Å²) in [6.07, 6.45) is 5.95. The smallest absolute Gasteiger partial charge is 0.171 e. The third-order valence-electron chi connectivity index (χ3n) is 4.36. The van der Waals surface area contributed by atoms with Gasteiger partial charge in [-0.15, -0.1) is 0 Å². The first-order valence-corrected chi connectivity index (χ1v) is 7.54. The summed E-state index contributed by atoms with van der Waals surface area (Å²) in [6, 6.07) is 0. The van der Waals surface area contributed by atoms with Crippen molar-refractivity contribution in [1.82, 2.24) is 0 Å². The molecule has 1 heterocycles. The zero-order valence-corrected chi connectivity index (χ0v) is 11.8. The van der Waals surface area contributed by atoms with Crippen molar-refractivity contribution in [3.8, 4) is 0 Å². The molecule has 2 nitrogen and oxygen atoms in total. The second kappa shape index (κ2) is 6.33. The zero-order chi connectivity index (χ0) is 13.0. The van der Waals surface area contributed by atoms with E-state index in [-0.39, 0.29) is 5.79 Å². The van der Waals surface area contributed by atoms with Gasteiger partial charge in [-0.3, -0.25) is 0 Å². The molecule has 106 valence electrons. The lowest BCUT2D eigenvalue weighted by molar-refractivity contribution is -0.209. The van der Waals surface area contributed by atoms with Crippen LogP contribution < -0.4 is 0 Å². The largest absolute Gasteiger partial charge is 0.347 e. The third kappa shape index (κ3) is 3.45. The second-order valence-corrected chi connectivity index (χ2v) is 6.24. The Balaban J connectivity index is 1.89. The highest BCUT2D eigenvalue weighted by Gasteiger charge is 2.44. The maximum atomic E-state index is 13.2. The topological polar surface area (TPSA) is 18.5 Å². The molecular formula is C15H27FO2. The van der Waals surface area contributed by atoms with Crippen LogP contribution in [0.3, 0.4) is 0 Å². The van der Waals surface area contributed by atoms with Crippen LogP contribution in [0.25, 0.3) is 0 Å². The van der Waals surface area contributed by atoms with Gasteiger partial charge in [0.05, 0.1) is 13.2 Å². The molecule has 0 aromatic heterocycles. The molecule has 2 fully saturated rings. The number of rotatable bonds is 5. The molecule has 1 aliphatic heterocycles. The van der Waals surface area contributed by atoms with Gasteiger partial charge in [0.25, 0.3) is 0 Å². The van der Waals surface area contributed by atoms with Crippen LogP contribution in [0.4, 0.5) is 4.39 Å². The van der Waals surface area contributed by atoms with E-state index < -0.39 is 6.17 Å². The zero-order valence-electron chi connectivity index (χ0n) is 11.8. The van der Waals surface area contributed by atoms with E-state index in [0.717, 1.165) is 31.6 Å².